The van der Waals surface area contributed by atoms with Crippen LogP contribution in [0.4, 0.5) is 4.79 Å². The Morgan fingerprint density at radius 2 is 2.14 bits per heavy atom. The van der Waals surface area contributed by atoms with Crippen LogP contribution in [0.5, 0.6) is 0 Å². The molecule has 2 fully saturated rings. The Morgan fingerprint density at radius 3 is 2.71 bits per heavy atom. The number of carbonyl (C=O) groups excluding carboxylic acids is 1. The highest BCUT2D eigenvalue weighted by Gasteiger charge is 2.38. The van der Waals surface area contributed by atoms with Gasteiger partial charge in [0.05, 0.1) is 0 Å². The second-order valence-electron chi connectivity index (χ2n) is 4.49. The number of nitrogens with two attached hydrogens (primary N) is 1. The predicted molar refractivity (Wildman–Crippen MR) is 54.9 cm³/mol. The molecule has 1 saturated heterocycles. The maximum atomic E-state index is 11.8. The summed E-state index contributed by atoms with van der Waals surface area (Å²) in [6.45, 7) is 2.52. The lowest BCUT2D eigenvalue weighted by Gasteiger charge is -2.38. The van der Waals surface area contributed by atoms with Gasteiger partial charge in [-0.15, -0.1) is 0 Å². The van der Waals surface area contributed by atoms with Gasteiger partial charge in [0.1, 0.15) is 0 Å². The van der Waals surface area contributed by atoms with E-state index >= 15 is 0 Å². The summed E-state index contributed by atoms with van der Waals surface area (Å²) in [6.07, 6.45) is 3.41. The summed E-state index contributed by atoms with van der Waals surface area (Å²) in [5.74, 6) is 0.572. The Kier molecular flexibility index (Phi) is 2.63. The molecule has 80 valence electrons. The number of hydrogen-bond acceptors (Lipinski definition) is 2. The van der Waals surface area contributed by atoms with Crippen molar-refractivity contribution in [3.8, 4) is 0 Å². The molecule has 1 unspecified atom stereocenters. The van der Waals surface area contributed by atoms with Gasteiger partial charge in [-0.25, -0.2) is 4.79 Å². The molecule has 0 aromatic rings. The minimum absolute atomic E-state index is 0.209. The molecule has 0 spiro atoms. The van der Waals surface area contributed by atoms with Gasteiger partial charge in [0.2, 0.25) is 0 Å². The molecule has 0 aromatic carbocycles. The van der Waals surface area contributed by atoms with Gasteiger partial charge in [0.25, 0.3) is 0 Å². The van der Waals surface area contributed by atoms with Gasteiger partial charge in [-0.3, -0.25) is 0 Å². The lowest BCUT2D eigenvalue weighted by Crippen LogP contribution is -2.52. The maximum Gasteiger partial charge on any atom is 0.320 e. The zero-order valence-electron chi connectivity index (χ0n) is 8.78. The molecule has 2 rings (SSSR count). The number of amides is 2. The van der Waals surface area contributed by atoms with Crippen LogP contribution in [-0.4, -0.2) is 48.6 Å². The van der Waals surface area contributed by atoms with Crippen LogP contribution in [0.25, 0.3) is 0 Å². The zero-order valence-corrected chi connectivity index (χ0v) is 8.78. The molecule has 1 aliphatic heterocycles. The van der Waals surface area contributed by atoms with Gasteiger partial charge < -0.3 is 15.5 Å². The Morgan fingerprint density at radius 1 is 1.43 bits per heavy atom. The number of hydrogen-bond donors (Lipinski definition) is 1. The first-order valence-electron chi connectivity index (χ1n) is 5.44. The summed E-state index contributed by atoms with van der Waals surface area (Å²) in [6, 6.07) is 0.742. The highest BCUT2D eigenvalue weighted by molar-refractivity contribution is 5.75. The molecular weight excluding hydrogens is 178 g/mol. The third-order valence-corrected chi connectivity index (χ3v) is 3.12. The molecule has 1 aliphatic carbocycles. The Balaban J connectivity index is 1.97. The zero-order chi connectivity index (χ0) is 10.1. The molecule has 0 radical (unpaired) electrons. The monoisotopic (exact) mass is 197 g/mol. The van der Waals surface area contributed by atoms with E-state index in [0.717, 1.165) is 26.1 Å². The second-order valence-corrected chi connectivity index (χ2v) is 4.49. The third kappa shape index (κ3) is 1.85. The van der Waals surface area contributed by atoms with Crippen molar-refractivity contribution in [2.75, 3.05) is 26.7 Å². The summed E-state index contributed by atoms with van der Waals surface area (Å²) in [4.78, 5) is 15.6. The first kappa shape index (κ1) is 9.77. The van der Waals surface area contributed by atoms with Crippen molar-refractivity contribution in [2.24, 2.45) is 11.7 Å². The molecule has 0 aromatic heterocycles. The smallest absolute Gasteiger partial charge is 0.320 e. The summed E-state index contributed by atoms with van der Waals surface area (Å²) in [5, 5.41) is 0. The van der Waals surface area contributed by atoms with Crippen LogP contribution in [0.1, 0.15) is 19.3 Å². The van der Waals surface area contributed by atoms with E-state index in [4.69, 9.17) is 5.73 Å². The Hall–Kier alpha value is -0.770. The average Bonchev–Trinajstić information content (AvgIpc) is 2.94. The second kappa shape index (κ2) is 3.77. The molecule has 2 N–H and O–H groups in total. The van der Waals surface area contributed by atoms with Crippen molar-refractivity contribution in [1.82, 2.24) is 9.80 Å². The van der Waals surface area contributed by atoms with Crippen LogP contribution >= 0.6 is 0 Å². The number of rotatable bonds is 3. The fourth-order valence-corrected chi connectivity index (χ4v) is 2.21. The van der Waals surface area contributed by atoms with E-state index in [1.807, 2.05) is 16.8 Å². The van der Waals surface area contributed by atoms with Gasteiger partial charge in [0.15, 0.2) is 0 Å². The molecule has 4 nitrogen and oxygen atoms in total. The average molecular weight is 197 g/mol. The third-order valence-electron chi connectivity index (χ3n) is 3.12. The highest BCUT2D eigenvalue weighted by Crippen LogP contribution is 2.30. The fourth-order valence-electron chi connectivity index (χ4n) is 2.21. The normalized spacial score (nSPS) is 28.4. The Labute approximate surface area is 85.0 Å². The van der Waals surface area contributed by atoms with Gasteiger partial charge in [0, 0.05) is 26.2 Å². The highest BCUT2D eigenvalue weighted by atomic mass is 16.2. The first-order valence-corrected chi connectivity index (χ1v) is 5.44. The van der Waals surface area contributed by atoms with Crippen LogP contribution in [0.2, 0.25) is 0 Å². The molecular formula is C10H19N3O. The van der Waals surface area contributed by atoms with E-state index in [2.05, 4.69) is 0 Å². The summed E-state index contributed by atoms with van der Waals surface area (Å²) < 4.78 is 0. The number of urea groups is 1. The van der Waals surface area contributed by atoms with Crippen molar-refractivity contribution in [3.05, 3.63) is 0 Å². The molecule has 1 saturated carbocycles. The molecule has 4 heteroatoms. The van der Waals surface area contributed by atoms with E-state index < -0.39 is 0 Å². The van der Waals surface area contributed by atoms with Crippen molar-refractivity contribution < 1.29 is 4.79 Å². The Bertz CT molecular complexity index is 227. The van der Waals surface area contributed by atoms with E-state index in [1.54, 1.807) is 0 Å². The predicted octanol–water partition coefficient (Wildman–Crippen LogP) is 0.481. The fraction of sp³-hybridized carbons (Fsp3) is 0.900. The minimum atomic E-state index is 0.209. The van der Waals surface area contributed by atoms with Crippen molar-refractivity contribution >= 4 is 6.03 Å². The summed E-state index contributed by atoms with van der Waals surface area (Å²) >= 11 is 0. The van der Waals surface area contributed by atoms with E-state index in [-0.39, 0.29) is 6.03 Å². The SMILES string of the molecule is CN1CC(CCN)CN(C2CC2)C1=O. The molecule has 14 heavy (non-hydrogen) atoms. The van der Waals surface area contributed by atoms with Crippen LogP contribution in [0.3, 0.4) is 0 Å². The standard InChI is InChI=1S/C10H19N3O/c1-12-6-8(4-5-11)7-13(10(12)14)9-2-3-9/h8-9H,2-7,11H2,1H3. The van der Waals surface area contributed by atoms with E-state index in [0.29, 0.717) is 12.0 Å². The molecule has 2 amide bonds. The summed E-state index contributed by atoms with van der Waals surface area (Å²) in [5.41, 5.74) is 5.55. The number of nitrogens with zero attached hydrogens (tertiary/aromatic N) is 2. The molecule has 2 aliphatic rings. The summed E-state index contributed by atoms with van der Waals surface area (Å²) in [7, 11) is 1.89. The van der Waals surface area contributed by atoms with Crippen LogP contribution in [0, 0.1) is 5.92 Å². The van der Waals surface area contributed by atoms with E-state index in [1.165, 1.54) is 12.8 Å². The van der Waals surface area contributed by atoms with Crippen molar-refractivity contribution in [1.29, 1.82) is 0 Å². The largest absolute Gasteiger partial charge is 0.330 e. The topological polar surface area (TPSA) is 49.6 Å². The minimum Gasteiger partial charge on any atom is -0.330 e. The lowest BCUT2D eigenvalue weighted by atomic mass is 10.0. The van der Waals surface area contributed by atoms with Gasteiger partial charge in [-0.1, -0.05) is 0 Å². The van der Waals surface area contributed by atoms with Crippen LogP contribution in [-0.2, 0) is 0 Å². The molecule has 1 atom stereocenters. The first-order chi connectivity index (χ1) is 6.72. The maximum absolute atomic E-state index is 11.8. The van der Waals surface area contributed by atoms with Crippen LogP contribution in [0.15, 0.2) is 0 Å². The molecule has 0 bridgehead atoms. The van der Waals surface area contributed by atoms with Crippen LogP contribution < -0.4 is 5.73 Å². The van der Waals surface area contributed by atoms with Gasteiger partial charge >= 0.3 is 6.03 Å². The lowest BCUT2D eigenvalue weighted by molar-refractivity contribution is 0.110. The van der Waals surface area contributed by atoms with Crippen molar-refractivity contribution in [2.45, 2.75) is 25.3 Å². The molecule has 1 heterocycles. The van der Waals surface area contributed by atoms with E-state index in [9.17, 15) is 4.79 Å². The van der Waals surface area contributed by atoms with Gasteiger partial charge in [-0.2, -0.15) is 0 Å². The van der Waals surface area contributed by atoms with Crippen molar-refractivity contribution in [3.63, 3.8) is 0 Å². The quantitative estimate of drug-likeness (QED) is 0.715. The van der Waals surface area contributed by atoms with Gasteiger partial charge in [-0.05, 0) is 31.7 Å². The number of carbonyl (C=O) groups is 1.